The Labute approximate surface area is 144 Å². The van der Waals surface area contributed by atoms with Crippen molar-refractivity contribution < 1.29 is 8.42 Å². The van der Waals surface area contributed by atoms with Gasteiger partial charge in [-0.1, -0.05) is 84.5 Å². The largest absolute Gasteiger partial charge is 0.386 e. The Morgan fingerprint density at radius 2 is 1.17 bits per heavy atom. The van der Waals surface area contributed by atoms with E-state index in [2.05, 4.69) is 18.2 Å². The molecule has 0 unspecified atom stereocenters. The van der Waals surface area contributed by atoms with Gasteiger partial charge in [-0.2, -0.15) is 4.40 Å². The zero-order chi connectivity index (χ0) is 17.4. The molecule has 0 fully saturated rings. The second-order valence-electron chi connectivity index (χ2n) is 6.51. The van der Waals surface area contributed by atoms with Crippen LogP contribution in [0.5, 0.6) is 0 Å². The normalized spacial score (nSPS) is 12.7. The molecular formula is C18H38N2O2S. The Kier molecular flexibility index (Phi) is 14.6. The smallest absolute Gasteiger partial charge is 0.254 e. The molecule has 5 heteroatoms. The maximum absolute atomic E-state index is 11.8. The van der Waals surface area contributed by atoms with Gasteiger partial charge in [-0.05, 0) is 12.8 Å². The lowest BCUT2D eigenvalue weighted by molar-refractivity contribution is 0.558. The van der Waals surface area contributed by atoms with Gasteiger partial charge < -0.3 is 5.73 Å². The Hall–Kier alpha value is -0.580. The Bertz CT molecular complexity index is 392. The number of rotatable bonds is 16. The molecule has 0 aliphatic rings. The molecule has 0 spiro atoms. The Balaban J connectivity index is 3.64. The summed E-state index contributed by atoms with van der Waals surface area (Å²) in [6.07, 6.45) is 15.6. The van der Waals surface area contributed by atoms with Crippen LogP contribution in [0.1, 0.15) is 104 Å². The van der Waals surface area contributed by atoms with Crippen molar-refractivity contribution in [3.05, 3.63) is 0 Å². The zero-order valence-corrected chi connectivity index (χ0v) is 16.2. The molecule has 0 aromatic carbocycles. The van der Waals surface area contributed by atoms with Crippen LogP contribution in [0, 0.1) is 0 Å². The van der Waals surface area contributed by atoms with Crippen LogP contribution in [0.25, 0.3) is 0 Å². The molecule has 0 saturated heterocycles. The van der Waals surface area contributed by atoms with Crippen LogP contribution in [0.4, 0.5) is 0 Å². The van der Waals surface area contributed by atoms with Gasteiger partial charge in [0.25, 0.3) is 10.0 Å². The van der Waals surface area contributed by atoms with E-state index in [0.717, 1.165) is 32.1 Å². The van der Waals surface area contributed by atoms with Crippen LogP contribution in [0.2, 0.25) is 0 Å². The van der Waals surface area contributed by atoms with Gasteiger partial charge in [-0.3, -0.25) is 0 Å². The molecule has 2 N–H and O–H groups in total. The van der Waals surface area contributed by atoms with Crippen molar-refractivity contribution in [1.29, 1.82) is 0 Å². The third kappa shape index (κ3) is 16.1. The molecule has 0 radical (unpaired) electrons. The number of hydrogen-bond donors (Lipinski definition) is 1. The number of sulfonamides is 1. The summed E-state index contributed by atoms with van der Waals surface area (Å²) < 4.78 is 27.4. The highest BCUT2D eigenvalue weighted by molar-refractivity contribution is 7.90. The topological polar surface area (TPSA) is 72.5 Å². The Morgan fingerprint density at radius 1 is 0.739 bits per heavy atom. The summed E-state index contributed by atoms with van der Waals surface area (Å²) in [7, 11) is -3.36. The number of amidine groups is 1. The minimum atomic E-state index is -3.36. The molecule has 0 aromatic rings. The maximum Gasteiger partial charge on any atom is 0.254 e. The molecule has 0 aromatic heterocycles. The van der Waals surface area contributed by atoms with Crippen LogP contribution < -0.4 is 5.73 Å². The number of nitrogens with zero attached hydrogens (tertiary/aromatic N) is 1. The molecule has 138 valence electrons. The predicted octanol–water partition coefficient (Wildman–Crippen LogP) is 5.17. The lowest BCUT2D eigenvalue weighted by atomic mass is 10.1. The third-order valence-corrected chi connectivity index (χ3v) is 5.37. The minimum Gasteiger partial charge on any atom is -0.386 e. The van der Waals surface area contributed by atoms with Crippen molar-refractivity contribution in [2.75, 3.05) is 5.75 Å². The molecular weight excluding hydrogens is 308 g/mol. The molecule has 0 heterocycles. The van der Waals surface area contributed by atoms with Gasteiger partial charge in [-0.25, -0.2) is 8.42 Å². The standard InChI is InChI=1S/C18H38N2O2S/c1-3-5-7-8-9-10-11-12-13-15-17-23(21,22)20-18(19)16-14-6-4-2/h3-17H2,1-2H3,(H2,19,20). The molecule has 0 rings (SSSR count). The monoisotopic (exact) mass is 346 g/mol. The van der Waals surface area contributed by atoms with Crippen LogP contribution in [-0.2, 0) is 10.0 Å². The van der Waals surface area contributed by atoms with Crippen LogP contribution >= 0.6 is 0 Å². The molecule has 0 amide bonds. The first-order valence-corrected chi connectivity index (χ1v) is 11.2. The first-order valence-electron chi connectivity index (χ1n) is 9.58. The van der Waals surface area contributed by atoms with E-state index in [9.17, 15) is 8.42 Å². The van der Waals surface area contributed by atoms with E-state index < -0.39 is 10.0 Å². The molecule has 0 bridgehead atoms. The Morgan fingerprint density at radius 3 is 1.70 bits per heavy atom. The van der Waals surface area contributed by atoms with Gasteiger partial charge in [0.2, 0.25) is 0 Å². The van der Waals surface area contributed by atoms with E-state index in [1.54, 1.807) is 0 Å². The predicted molar refractivity (Wildman–Crippen MR) is 101 cm³/mol. The molecule has 0 atom stereocenters. The molecule has 4 nitrogen and oxygen atoms in total. The quantitative estimate of drug-likeness (QED) is 0.238. The number of hydrogen-bond acceptors (Lipinski definition) is 2. The summed E-state index contributed by atoms with van der Waals surface area (Å²) in [5.74, 6) is 0.406. The summed E-state index contributed by atoms with van der Waals surface area (Å²) >= 11 is 0. The van der Waals surface area contributed by atoms with Crippen molar-refractivity contribution in [3.63, 3.8) is 0 Å². The second-order valence-corrected chi connectivity index (χ2v) is 8.26. The van der Waals surface area contributed by atoms with Gasteiger partial charge >= 0.3 is 0 Å². The van der Waals surface area contributed by atoms with Crippen LogP contribution in [0.15, 0.2) is 4.40 Å². The fourth-order valence-electron chi connectivity index (χ4n) is 2.60. The van der Waals surface area contributed by atoms with Crippen molar-refractivity contribution in [3.8, 4) is 0 Å². The second kappa shape index (κ2) is 15.0. The van der Waals surface area contributed by atoms with Gasteiger partial charge in [-0.15, -0.1) is 0 Å². The summed E-state index contributed by atoms with van der Waals surface area (Å²) in [4.78, 5) is 0. The van der Waals surface area contributed by atoms with Crippen LogP contribution in [0.3, 0.4) is 0 Å². The minimum absolute atomic E-state index is 0.137. The fraction of sp³-hybridized carbons (Fsp3) is 0.944. The number of unbranched alkanes of at least 4 members (excludes halogenated alkanes) is 11. The summed E-state index contributed by atoms with van der Waals surface area (Å²) in [6, 6.07) is 0. The van der Waals surface area contributed by atoms with Gasteiger partial charge in [0.1, 0.15) is 5.84 Å². The van der Waals surface area contributed by atoms with E-state index in [1.807, 2.05) is 0 Å². The molecule has 23 heavy (non-hydrogen) atoms. The summed E-state index contributed by atoms with van der Waals surface area (Å²) in [6.45, 7) is 4.34. The highest BCUT2D eigenvalue weighted by Crippen LogP contribution is 2.11. The SMILES string of the molecule is CCCCCCCCCCCCS(=O)(=O)N=C(N)CCCCC. The van der Waals surface area contributed by atoms with Gasteiger partial charge in [0, 0.05) is 6.42 Å². The summed E-state index contributed by atoms with van der Waals surface area (Å²) in [5, 5.41) is 0. The average molecular weight is 347 g/mol. The molecule has 0 saturated carbocycles. The average Bonchev–Trinajstić information content (AvgIpc) is 2.49. The first-order chi connectivity index (χ1) is 11.0. The van der Waals surface area contributed by atoms with Crippen molar-refractivity contribution in [1.82, 2.24) is 0 Å². The third-order valence-electron chi connectivity index (χ3n) is 4.05. The van der Waals surface area contributed by atoms with E-state index in [-0.39, 0.29) is 11.6 Å². The van der Waals surface area contributed by atoms with Gasteiger partial charge in [0.15, 0.2) is 0 Å². The lowest BCUT2D eigenvalue weighted by Crippen LogP contribution is -2.15. The highest BCUT2D eigenvalue weighted by Gasteiger charge is 2.09. The van der Waals surface area contributed by atoms with Crippen molar-refractivity contribution in [2.45, 2.75) is 104 Å². The van der Waals surface area contributed by atoms with Crippen molar-refractivity contribution >= 4 is 15.9 Å². The molecule has 0 aliphatic heterocycles. The van der Waals surface area contributed by atoms with E-state index in [1.165, 1.54) is 44.9 Å². The van der Waals surface area contributed by atoms with E-state index >= 15 is 0 Å². The first kappa shape index (κ1) is 22.4. The van der Waals surface area contributed by atoms with Crippen LogP contribution in [-0.4, -0.2) is 20.0 Å². The highest BCUT2D eigenvalue weighted by atomic mass is 32.2. The lowest BCUT2D eigenvalue weighted by Gasteiger charge is -2.03. The molecule has 0 aliphatic carbocycles. The zero-order valence-electron chi connectivity index (χ0n) is 15.4. The van der Waals surface area contributed by atoms with Crippen molar-refractivity contribution in [2.24, 2.45) is 10.1 Å². The number of nitrogens with two attached hydrogens (primary N) is 1. The maximum atomic E-state index is 11.8. The van der Waals surface area contributed by atoms with E-state index in [0.29, 0.717) is 12.8 Å². The van der Waals surface area contributed by atoms with E-state index in [4.69, 9.17) is 5.73 Å². The summed E-state index contributed by atoms with van der Waals surface area (Å²) in [5.41, 5.74) is 5.69. The van der Waals surface area contributed by atoms with Gasteiger partial charge in [0.05, 0.1) is 5.75 Å². The fourth-order valence-corrected chi connectivity index (χ4v) is 3.71.